The van der Waals surface area contributed by atoms with E-state index >= 15 is 0 Å². The summed E-state index contributed by atoms with van der Waals surface area (Å²) in [6.07, 6.45) is 0.993. The van der Waals surface area contributed by atoms with Gasteiger partial charge in [-0.1, -0.05) is 0 Å². The molecule has 0 aliphatic carbocycles. The molecule has 0 bridgehead atoms. The normalized spacial score (nSPS) is 22.9. The molecule has 2 aliphatic rings. The Morgan fingerprint density at radius 1 is 1.41 bits per heavy atom. The van der Waals surface area contributed by atoms with E-state index in [0.717, 1.165) is 25.1 Å². The van der Waals surface area contributed by atoms with Crippen molar-refractivity contribution in [2.45, 2.75) is 12.3 Å². The van der Waals surface area contributed by atoms with Crippen LogP contribution in [0, 0.1) is 5.82 Å². The fraction of sp³-hybridized carbons (Fsp3) is 0.417. The van der Waals surface area contributed by atoms with Crippen LogP contribution in [0.2, 0.25) is 0 Å². The summed E-state index contributed by atoms with van der Waals surface area (Å²) in [5.74, 6) is -0.170. The van der Waals surface area contributed by atoms with Crippen LogP contribution in [-0.2, 0) is 4.79 Å². The Hall–Kier alpha value is -1.62. The number of carbonyl (C=O) groups is 1. The van der Waals surface area contributed by atoms with Gasteiger partial charge < -0.3 is 15.4 Å². The van der Waals surface area contributed by atoms with Crippen molar-refractivity contribution in [1.82, 2.24) is 5.32 Å². The molecular formula is C12H13FN2O2. The van der Waals surface area contributed by atoms with Gasteiger partial charge in [0.05, 0.1) is 5.69 Å². The fourth-order valence-corrected chi connectivity index (χ4v) is 2.35. The molecule has 2 heterocycles. The van der Waals surface area contributed by atoms with Crippen LogP contribution in [0.15, 0.2) is 12.1 Å². The monoisotopic (exact) mass is 236 g/mol. The molecular weight excluding hydrogens is 223 g/mol. The number of fused-ring (bicyclic) bond motifs is 1. The topological polar surface area (TPSA) is 50.4 Å². The summed E-state index contributed by atoms with van der Waals surface area (Å²) in [5, 5.41) is 5.88. The highest BCUT2D eigenvalue weighted by Crippen LogP contribution is 2.35. The lowest BCUT2D eigenvalue weighted by molar-refractivity contribution is -0.118. The summed E-state index contributed by atoms with van der Waals surface area (Å²) < 4.78 is 18.9. The number of ether oxygens (including phenoxy) is 1. The highest BCUT2D eigenvalue weighted by molar-refractivity contribution is 5.95. The first kappa shape index (κ1) is 10.5. The SMILES string of the molecule is O=C1COc2c(F)cc(C3CCNC3)cc2N1. The van der Waals surface area contributed by atoms with Crippen LogP contribution in [0.3, 0.4) is 0 Å². The summed E-state index contributed by atoms with van der Waals surface area (Å²) in [7, 11) is 0. The largest absolute Gasteiger partial charge is 0.478 e. The van der Waals surface area contributed by atoms with E-state index in [1.54, 1.807) is 0 Å². The molecule has 1 saturated heterocycles. The minimum atomic E-state index is -0.399. The van der Waals surface area contributed by atoms with Gasteiger partial charge in [0.25, 0.3) is 5.91 Å². The molecule has 0 radical (unpaired) electrons. The molecule has 5 heteroatoms. The molecule has 0 saturated carbocycles. The molecule has 1 aromatic carbocycles. The number of carbonyl (C=O) groups excluding carboxylic acids is 1. The minimum absolute atomic E-state index is 0.117. The third-order valence-electron chi connectivity index (χ3n) is 3.22. The van der Waals surface area contributed by atoms with Gasteiger partial charge in [0, 0.05) is 6.54 Å². The van der Waals surface area contributed by atoms with E-state index in [9.17, 15) is 9.18 Å². The smallest absolute Gasteiger partial charge is 0.262 e. The van der Waals surface area contributed by atoms with Gasteiger partial charge in [-0.05, 0) is 36.6 Å². The second kappa shape index (κ2) is 4.00. The fourth-order valence-electron chi connectivity index (χ4n) is 2.35. The second-order valence-corrected chi connectivity index (χ2v) is 4.41. The summed E-state index contributed by atoms with van der Waals surface area (Å²) in [6, 6.07) is 3.32. The molecule has 1 unspecified atom stereocenters. The standard InChI is InChI=1S/C12H13FN2O2/c13-9-3-8(7-1-2-14-5-7)4-10-12(9)17-6-11(16)15-10/h3-4,7,14H,1-2,5-6H2,(H,15,16). The maximum Gasteiger partial charge on any atom is 0.262 e. The van der Waals surface area contributed by atoms with Crippen molar-refractivity contribution in [3.8, 4) is 5.75 Å². The number of nitrogens with one attached hydrogen (secondary N) is 2. The summed E-state index contributed by atoms with van der Waals surface area (Å²) in [6.45, 7) is 1.69. The Balaban J connectivity index is 1.99. The number of hydrogen-bond acceptors (Lipinski definition) is 3. The van der Waals surface area contributed by atoms with Gasteiger partial charge in [-0.2, -0.15) is 0 Å². The van der Waals surface area contributed by atoms with E-state index in [-0.39, 0.29) is 18.3 Å². The van der Waals surface area contributed by atoms with Crippen LogP contribution in [0.5, 0.6) is 5.75 Å². The van der Waals surface area contributed by atoms with Crippen LogP contribution in [0.1, 0.15) is 17.9 Å². The van der Waals surface area contributed by atoms with Gasteiger partial charge in [0.2, 0.25) is 0 Å². The van der Waals surface area contributed by atoms with Crippen LogP contribution in [0.25, 0.3) is 0 Å². The maximum absolute atomic E-state index is 13.8. The van der Waals surface area contributed by atoms with E-state index in [0.29, 0.717) is 11.6 Å². The molecule has 1 aromatic rings. The Kier molecular flexibility index (Phi) is 2.48. The average molecular weight is 236 g/mol. The van der Waals surface area contributed by atoms with Crippen LogP contribution in [0.4, 0.5) is 10.1 Å². The van der Waals surface area contributed by atoms with Gasteiger partial charge in [-0.3, -0.25) is 4.79 Å². The number of halogens is 1. The second-order valence-electron chi connectivity index (χ2n) is 4.41. The van der Waals surface area contributed by atoms with Crippen LogP contribution < -0.4 is 15.4 Å². The van der Waals surface area contributed by atoms with Gasteiger partial charge in [0.1, 0.15) is 0 Å². The van der Waals surface area contributed by atoms with Crippen molar-refractivity contribution in [3.63, 3.8) is 0 Å². The Bertz CT molecular complexity index is 470. The molecule has 1 atom stereocenters. The van der Waals surface area contributed by atoms with Crippen LogP contribution >= 0.6 is 0 Å². The summed E-state index contributed by atoms with van der Waals surface area (Å²) in [5.41, 5.74) is 1.36. The first-order chi connectivity index (χ1) is 8.24. The van der Waals surface area contributed by atoms with E-state index in [1.165, 1.54) is 6.07 Å². The summed E-state index contributed by atoms with van der Waals surface area (Å²) in [4.78, 5) is 11.2. The highest BCUT2D eigenvalue weighted by atomic mass is 19.1. The third-order valence-corrected chi connectivity index (χ3v) is 3.22. The zero-order valence-electron chi connectivity index (χ0n) is 9.25. The molecule has 90 valence electrons. The molecule has 2 N–H and O–H groups in total. The Morgan fingerprint density at radius 3 is 3.06 bits per heavy atom. The van der Waals surface area contributed by atoms with Gasteiger partial charge >= 0.3 is 0 Å². The average Bonchev–Trinajstić information content (AvgIpc) is 2.81. The molecule has 1 fully saturated rings. The number of amides is 1. The molecule has 1 amide bonds. The van der Waals surface area contributed by atoms with E-state index in [2.05, 4.69) is 10.6 Å². The molecule has 17 heavy (non-hydrogen) atoms. The number of anilines is 1. The van der Waals surface area contributed by atoms with Crippen molar-refractivity contribution >= 4 is 11.6 Å². The van der Waals surface area contributed by atoms with Crippen molar-refractivity contribution in [1.29, 1.82) is 0 Å². The molecule has 3 rings (SSSR count). The van der Waals surface area contributed by atoms with Crippen molar-refractivity contribution in [3.05, 3.63) is 23.5 Å². The Morgan fingerprint density at radius 2 is 2.29 bits per heavy atom. The first-order valence-electron chi connectivity index (χ1n) is 5.71. The van der Waals surface area contributed by atoms with Crippen LogP contribution in [-0.4, -0.2) is 25.6 Å². The number of benzene rings is 1. The number of hydrogen-bond donors (Lipinski definition) is 2. The predicted octanol–water partition coefficient (Wildman–Crippen LogP) is 1.23. The van der Waals surface area contributed by atoms with E-state index in [4.69, 9.17) is 4.74 Å². The highest BCUT2D eigenvalue weighted by Gasteiger charge is 2.24. The predicted molar refractivity (Wildman–Crippen MR) is 60.8 cm³/mol. The van der Waals surface area contributed by atoms with E-state index in [1.807, 2.05) is 6.07 Å². The minimum Gasteiger partial charge on any atom is -0.478 e. The van der Waals surface area contributed by atoms with Gasteiger partial charge in [-0.15, -0.1) is 0 Å². The molecule has 2 aliphatic heterocycles. The van der Waals surface area contributed by atoms with Gasteiger partial charge in [0.15, 0.2) is 18.2 Å². The van der Waals surface area contributed by atoms with Crippen molar-refractivity contribution in [2.75, 3.05) is 25.0 Å². The zero-order chi connectivity index (χ0) is 11.8. The molecule has 0 spiro atoms. The maximum atomic E-state index is 13.8. The van der Waals surface area contributed by atoms with Crippen molar-refractivity contribution in [2.24, 2.45) is 0 Å². The lowest BCUT2D eigenvalue weighted by Crippen LogP contribution is -2.26. The van der Waals surface area contributed by atoms with Crippen molar-refractivity contribution < 1.29 is 13.9 Å². The lowest BCUT2D eigenvalue weighted by atomic mass is 9.97. The number of rotatable bonds is 1. The Labute approximate surface area is 98.1 Å². The molecule has 4 nitrogen and oxygen atoms in total. The lowest BCUT2D eigenvalue weighted by Gasteiger charge is -2.20. The third kappa shape index (κ3) is 1.86. The quantitative estimate of drug-likeness (QED) is 0.771. The van der Waals surface area contributed by atoms with E-state index < -0.39 is 5.82 Å². The first-order valence-corrected chi connectivity index (χ1v) is 5.71. The summed E-state index contributed by atoms with van der Waals surface area (Å²) >= 11 is 0. The zero-order valence-corrected chi connectivity index (χ0v) is 9.25. The van der Waals surface area contributed by atoms with Gasteiger partial charge in [-0.25, -0.2) is 4.39 Å². The molecule has 0 aromatic heterocycles.